The normalized spacial score (nSPS) is 11.4. The lowest BCUT2D eigenvalue weighted by atomic mass is 10.0. The second-order valence-electron chi connectivity index (χ2n) is 7.03. The predicted molar refractivity (Wildman–Crippen MR) is 126 cm³/mol. The Bertz CT molecular complexity index is 925. The lowest BCUT2D eigenvalue weighted by Crippen LogP contribution is -2.03. The van der Waals surface area contributed by atoms with Crippen molar-refractivity contribution in [1.29, 1.82) is 0 Å². The highest BCUT2D eigenvalue weighted by Crippen LogP contribution is 2.36. The molecule has 29 heavy (non-hydrogen) atoms. The van der Waals surface area contributed by atoms with Crippen LogP contribution in [0.15, 0.2) is 36.4 Å². The van der Waals surface area contributed by atoms with Crippen molar-refractivity contribution in [2.45, 2.75) is 32.2 Å². The zero-order valence-corrected chi connectivity index (χ0v) is 18.8. The van der Waals surface area contributed by atoms with E-state index in [4.69, 9.17) is 21.3 Å². The van der Waals surface area contributed by atoms with Crippen LogP contribution in [0.3, 0.4) is 0 Å². The molecular weight excluding hydrogens is 432 g/mol. The van der Waals surface area contributed by atoms with Crippen LogP contribution in [-0.2, 0) is 24.0 Å². The predicted octanol–water partition coefficient (Wildman–Crippen LogP) is 3.60. The largest absolute Gasteiger partial charge is 0.340 e. The Balaban J connectivity index is 0.00000210. The number of hydrogen-bond donors (Lipinski definition) is 4. The van der Waals surface area contributed by atoms with Gasteiger partial charge in [0.25, 0.3) is 0 Å². The molecule has 0 saturated carbocycles. The monoisotopic (exact) mass is 461 g/mol. The molecule has 0 saturated heterocycles. The van der Waals surface area contributed by atoms with Crippen LogP contribution in [-0.4, -0.2) is 33.6 Å². The molecule has 162 valence electrons. The minimum atomic E-state index is -3.93. The second-order valence-corrected chi connectivity index (χ2v) is 8.80. The molecule has 1 aromatic heterocycles. The van der Waals surface area contributed by atoms with Crippen LogP contribution in [0, 0.1) is 0 Å². The summed E-state index contributed by atoms with van der Waals surface area (Å²) in [6.07, 6.45) is 2.84. The Hall–Kier alpha value is -1.11. The van der Waals surface area contributed by atoms with Gasteiger partial charge in [0.1, 0.15) is 0 Å². The quantitative estimate of drug-likeness (QED) is 0.287. The molecule has 0 aliphatic carbocycles. The maximum absolute atomic E-state index is 11.1. The number of aromatic nitrogens is 1. The highest BCUT2D eigenvalue weighted by Gasteiger charge is 2.14. The van der Waals surface area contributed by atoms with E-state index in [0.717, 1.165) is 36.8 Å². The topological polar surface area (TPSA) is 114 Å². The molecule has 0 bridgehead atoms. The molecular formula is C20H30Cl2N3O3P. The maximum Gasteiger partial charge on any atom is 0.325 e. The minimum Gasteiger partial charge on any atom is -0.340 e. The maximum atomic E-state index is 11.1. The van der Waals surface area contributed by atoms with E-state index >= 15 is 0 Å². The van der Waals surface area contributed by atoms with Crippen molar-refractivity contribution < 1.29 is 14.4 Å². The lowest BCUT2D eigenvalue weighted by molar-refractivity contribution is 0.370. The van der Waals surface area contributed by atoms with Gasteiger partial charge in [-0.25, -0.2) is 0 Å². The number of halogens is 2. The van der Waals surface area contributed by atoms with Crippen LogP contribution in [0.5, 0.6) is 0 Å². The van der Waals surface area contributed by atoms with Crippen molar-refractivity contribution in [3.05, 3.63) is 47.5 Å². The van der Waals surface area contributed by atoms with E-state index in [1.807, 2.05) is 0 Å². The summed E-state index contributed by atoms with van der Waals surface area (Å²) in [5.74, 6) is 0. The number of unbranched alkanes of at least 4 members (excludes halogenated alkanes) is 1. The van der Waals surface area contributed by atoms with Crippen molar-refractivity contribution >= 4 is 54.2 Å². The average Bonchev–Trinajstić information content (AvgIpc) is 2.91. The molecule has 0 aliphatic rings. The molecule has 3 aromatic rings. The molecule has 0 aliphatic heterocycles. The first kappa shape index (κ1) is 25.9. The van der Waals surface area contributed by atoms with Gasteiger partial charge in [-0.2, -0.15) is 0 Å². The van der Waals surface area contributed by atoms with Crippen LogP contribution in [0.4, 0.5) is 0 Å². The molecule has 0 amide bonds. The van der Waals surface area contributed by atoms with Crippen LogP contribution < -0.4 is 11.5 Å². The minimum absolute atomic E-state index is 0. The van der Waals surface area contributed by atoms with Gasteiger partial charge in [-0.3, -0.25) is 4.57 Å². The fourth-order valence-electron chi connectivity index (χ4n) is 3.67. The van der Waals surface area contributed by atoms with Gasteiger partial charge in [-0.1, -0.05) is 12.1 Å². The van der Waals surface area contributed by atoms with Crippen LogP contribution >= 0.6 is 32.4 Å². The summed E-state index contributed by atoms with van der Waals surface area (Å²) in [4.78, 5) is 18.1. The summed E-state index contributed by atoms with van der Waals surface area (Å²) >= 11 is 0. The van der Waals surface area contributed by atoms with E-state index < -0.39 is 7.60 Å². The fourth-order valence-corrected chi connectivity index (χ4v) is 4.31. The average molecular weight is 462 g/mol. The van der Waals surface area contributed by atoms with Crippen molar-refractivity contribution in [2.75, 3.05) is 19.3 Å². The number of nitrogens with two attached hydrogens (primary N) is 2. The molecule has 0 fully saturated rings. The van der Waals surface area contributed by atoms with Gasteiger partial charge in [-0.15, -0.1) is 24.8 Å². The molecule has 9 heteroatoms. The van der Waals surface area contributed by atoms with Gasteiger partial charge in [-0.05, 0) is 74.2 Å². The number of benzene rings is 2. The van der Waals surface area contributed by atoms with Crippen molar-refractivity contribution in [2.24, 2.45) is 11.5 Å². The van der Waals surface area contributed by atoms with Crippen molar-refractivity contribution in [3.63, 3.8) is 0 Å². The summed E-state index contributed by atoms with van der Waals surface area (Å²) in [5.41, 5.74) is 16.2. The number of rotatable bonds is 9. The second kappa shape index (κ2) is 11.3. The summed E-state index contributed by atoms with van der Waals surface area (Å²) in [6, 6.07) is 12.9. The van der Waals surface area contributed by atoms with Gasteiger partial charge in [0.2, 0.25) is 0 Å². The van der Waals surface area contributed by atoms with Gasteiger partial charge in [0.15, 0.2) is 0 Å². The molecule has 3 rings (SSSR count). The van der Waals surface area contributed by atoms with Gasteiger partial charge >= 0.3 is 7.60 Å². The smallest absolute Gasteiger partial charge is 0.325 e. The summed E-state index contributed by atoms with van der Waals surface area (Å²) in [5, 5.41) is 2.40. The van der Waals surface area contributed by atoms with E-state index in [-0.39, 0.29) is 31.0 Å². The summed E-state index contributed by atoms with van der Waals surface area (Å²) in [7, 11) is -3.93. The first-order valence-corrected chi connectivity index (χ1v) is 11.2. The Labute approximate surface area is 183 Å². The van der Waals surface area contributed by atoms with Crippen molar-refractivity contribution in [1.82, 2.24) is 4.57 Å². The number of fused-ring (bicyclic) bond motifs is 3. The summed E-state index contributed by atoms with van der Waals surface area (Å²) < 4.78 is 13.3. The standard InChI is InChI=1S/C20H28N3O3P.2ClH/c21-9-7-15-3-5-19-17(13-15)18-14-16(8-10-22)4-6-20(18)23(19)11-1-2-12-27(24,25)26;;/h3-6,13-14H,1-2,7-12,21-22H2,(H2,24,25,26);2*1H. The van der Waals surface area contributed by atoms with E-state index in [0.29, 0.717) is 19.5 Å². The third-order valence-electron chi connectivity index (χ3n) is 4.94. The molecule has 6 N–H and O–H groups in total. The van der Waals surface area contributed by atoms with Gasteiger partial charge in [0, 0.05) is 34.5 Å². The SMILES string of the molecule is Cl.Cl.NCCc1ccc2c(c1)c1cc(CCN)ccc1n2CCCCP(=O)(O)O. The molecule has 1 heterocycles. The zero-order chi connectivity index (χ0) is 19.4. The number of nitrogens with zero attached hydrogens (tertiary/aromatic N) is 1. The van der Waals surface area contributed by atoms with Crippen LogP contribution in [0.2, 0.25) is 0 Å². The van der Waals surface area contributed by atoms with Gasteiger partial charge < -0.3 is 25.8 Å². The first-order valence-electron chi connectivity index (χ1n) is 9.41. The molecule has 0 unspecified atom stereocenters. The van der Waals surface area contributed by atoms with E-state index in [2.05, 4.69) is 41.0 Å². The third kappa shape index (κ3) is 6.43. The number of hydrogen-bond acceptors (Lipinski definition) is 3. The molecule has 6 nitrogen and oxygen atoms in total. The Morgan fingerprint density at radius 1 is 0.828 bits per heavy atom. The molecule has 0 spiro atoms. The van der Waals surface area contributed by atoms with E-state index in [1.165, 1.54) is 21.9 Å². The van der Waals surface area contributed by atoms with E-state index in [9.17, 15) is 4.57 Å². The Morgan fingerprint density at radius 2 is 1.31 bits per heavy atom. The molecule has 0 radical (unpaired) electrons. The highest BCUT2D eigenvalue weighted by atomic mass is 35.5. The Kier molecular flexibility index (Phi) is 10.1. The summed E-state index contributed by atoms with van der Waals surface area (Å²) in [6.45, 7) is 1.96. The van der Waals surface area contributed by atoms with Crippen molar-refractivity contribution in [3.8, 4) is 0 Å². The first-order chi connectivity index (χ1) is 12.9. The fraction of sp³-hybridized carbons (Fsp3) is 0.400. The lowest BCUT2D eigenvalue weighted by Gasteiger charge is -2.09. The van der Waals surface area contributed by atoms with E-state index in [1.54, 1.807) is 0 Å². The Morgan fingerprint density at radius 3 is 1.72 bits per heavy atom. The molecule has 2 aromatic carbocycles. The highest BCUT2D eigenvalue weighted by molar-refractivity contribution is 7.51. The van der Waals surface area contributed by atoms with Crippen LogP contribution in [0.1, 0.15) is 24.0 Å². The molecule has 0 atom stereocenters. The van der Waals surface area contributed by atoms with Gasteiger partial charge in [0.05, 0.1) is 0 Å². The number of aryl methyl sites for hydroxylation is 1. The van der Waals surface area contributed by atoms with Crippen LogP contribution in [0.25, 0.3) is 21.8 Å². The third-order valence-corrected chi connectivity index (χ3v) is 5.84. The zero-order valence-electron chi connectivity index (χ0n) is 16.3.